The van der Waals surface area contributed by atoms with Crippen molar-refractivity contribution in [2.45, 2.75) is 54.5 Å². The normalized spacial score (nSPS) is 12.0. The number of furan rings is 1. The summed E-state index contributed by atoms with van der Waals surface area (Å²) in [6.45, 7) is 10.2. The molecule has 0 bridgehead atoms. The zero-order chi connectivity index (χ0) is 23.2. The van der Waals surface area contributed by atoms with Gasteiger partial charge in [-0.25, -0.2) is 9.59 Å². The third-order valence-electron chi connectivity index (χ3n) is 3.90. The average molecular weight is 424 g/mol. The van der Waals surface area contributed by atoms with E-state index in [0.29, 0.717) is 0 Å². The van der Waals surface area contributed by atoms with Crippen LogP contribution in [0, 0.1) is 12.3 Å². The van der Waals surface area contributed by atoms with E-state index in [1.165, 1.54) is 20.8 Å². The molecule has 1 aromatic heterocycles. The van der Waals surface area contributed by atoms with Crippen molar-refractivity contribution >= 4 is 35.4 Å². The summed E-state index contributed by atoms with van der Waals surface area (Å²) >= 11 is 0. The van der Waals surface area contributed by atoms with Crippen molar-refractivity contribution in [2.75, 3.05) is 18.5 Å². The number of Topliss-reactive ketones (excluding diaryl/α,β-unsaturated/α-hetero) is 1. The summed E-state index contributed by atoms with van der Waals surface area (Å²) < 4.78 is 15.2. The van der Waals surface area contributed by atoms with Gasteiger partial charge >= 0.3 is 11.9 Å². The molecule has 0 spiro atoms. The number of carbonyl (C=O) groups is 5. The first-order valence-electron chi connectivity index (χ1n) is 9.38. The lowest BCUT2D eigenvalue weighted by Gasteiger charge is -2.20. The summed E-state index contributed by atoms with van der Waals surface area (Å²) in [7, 11) is 0. The number of amides is 2. The highest BCUT2D eigenvalue weighted by molar-refractivity contribution is 6.10. The maximum absolute atomic E-state index is 12.2. The largest absolute Gasteiger partial charge is 0.462 e. The van der Waals surface area contributed by atoms with Gasteiger partial charge in [-0.3, -0.25) is 19.7 Å². The molecule has 0 saturated carbocycles. The van der Waals surface area contributed by atoms with Crippen LogP contribution in [0.25, 0.3) is 0 Å². The van der Waals surface area contributed by atoms with Crippen molar-refractivity contribution in [3.63, 3.8) is 0 Å². The predicted molar refractivity (Wildman–Crippen MR) is 106 cm³/mol. The van der Waals surface area contributed by atoms with Crippen molar-refractivity contribution < 1.29 is 37.9 Å². The summed E-state index contributed by atoms with van der Waals surface area (Å²) in [4.78, 5) is 60.2. The topological polar surface area (TPSA) is 141 Å². The van der Waals surface area contributed by atoms with E-state index >= 15 is 0 Å². The van der Waals surface area contributed by atoms with E-state index in [0.717, 1.165) is 0 Å². The molecule has 10 nitrogen and oxygen atoms in total. The van der Waals surface area contributed by atoms with E-state index in [1.807, 2.05) is 0 Å². The first-order valence-corrected chi connectivity index (χ1v) is 9.38. The molecule has 2 N–H and O–H groups in total. The second-order valence-corrected chi connectivity index (χ2v) is 7.62. The van der Waals surface area contributed by atoms with Crippen LogP contribution in [0.2, 0.25) is 0 Å². The Kier molecular flexibility index (Phi) is 8.32. The number of aryl methyl sites for hydroxylation is 1. The number of esters is 2. The van der Waals surface area contributed by atoms with Gasteiger partial charge in [0.2, 0.25) is 11.8 Å². The molecule has 2 amide bonds. The number of hydrogen-bond acceptors (Lipinski definition) is 8. The Morgan fingerprint density at radius 2 is 1.67 bits per heavy atom. The molecule has 1 atom stereocenters. The summed E-state index contributed by atoms with van der Waals surface area (Å²) in [6, 6.07) is -0.963. The van der Waals surface area contributed by atoms with Gasteiger partial charge in [-0.15, -0.1) is 0 Å². The molecule has 166 valence electrons. The summed E-state index contributed by atoms with van der Waals surface area (Å²) in [6.07, 6.45) is 0. The molecule has 0 unspecified atom stereocenters. The van der Waals surface area contributed by atoms with Gasteiger partial charge in [-0.1, -0.05) is 20.8 Å². The van der Waals surface area contributed by atoms with E-state index in [9.17, 15) is 24.0 Å². The molecule has 1 rings (SSSR count). The lowest BCUT2D eigenvalue weighted by Crippen LogP contribution is -2.45. The number of anilines is 1. The maximum atomic E-state index is 12.2. The summed E-state index contributed by atoms with van der Waals surface area (Å²) in [5.74, 6) is -3.36. The van der Waals surface area contributed by atoms with Gasteiger partial charge in [-0.2, -0.15) is 0 Å². The van der Waals surface area contributed by atoms with Crippen LogP contribution in [0.1, 0.15) is 68.0 Å². The molecular formula is C20H28N2O8. The van der Waals surface area contributed by atoms with Crippen LogP contribution in [-0.2, 0) is 23.9 Å². The first-order chi connectivity index (χ1) is 13.8. The highest BCUT2D eigenvalue weighted by Crippen LogP contribution is 2.28. The lowest BCUT2D eigenvalue weighted by atomic mass is 9.95. The van der Waals surface area contributed by atoms with Crippen molar-refractivity contribution in [3.8, 4) is 0 Å². The van der Waals surface area contributed by atoms with Crippen molar-refractivity contribution in [2.24, 2.45) is 5.41 Å². The molecule has 0 saturated heterocycles. The Balaban J connectivity index is 2.83. The maximum Gasteiger partial charge on any atom is 0.344 e. The van der Waals surface area contributed by atoms with Gasteiger partial charge in [0.1, 0.15) is 17.4 Å². The van der Waals surface area contributed by atoms with Crippen LogP contribution >= 0.6 is 0 Å². The molecule has 0 aliphatic rings. The van der Waals surface area contributed by atoms with Crippen LogP contribution in [0.15, 0.2) is 4.42 Å². The Hall–Kier alpha value is -3.17. The quantitative estimate of drug-likeness (QED) is 0.477. The molecule has 30 heavy (non-hydrogen) atoms. The highest BCUT2D eigenvalue weighted by Gasteiger charge is 2.29. The van der Waals surface area contributed by atoms with Gasteiger partial charge in [0, 0.05) is 5.41 Å². The zero-order valence-corrected chi connectivity index (χ0v) is 18.3. The van der Waals surface area contributed by atoms with E-state index in [4.69, 9.17) is 13.9 Å². The number of hydrogen-bond donors (Lipinski definition) is 2. The number of ketones is 1. The van der Waals surface area contributed by atoms with E-state index in [1.54, 1.807) is 27.7 Å². The molecule has 0 radical (unpaired) electrons. The second-order valence-electron chi connectivity index (χ2n) is 7.62. The third-order valence-corrected chi connectivity index (χ3v) is 3.90. The van der Waals surface area contributed by atoms with E-state index in [2.05, 4.69) is 10.6 Å². The predicted octanol–water partition coefficient (Wildman–Crippen LogP) is 2.00. The monoisotopic (exact) mass is 424 g/mol. The van der Waals surface area contributed by atoms with Crippen molar-refractivity contribution in [1.82, 2.24) is 5.32 Å². The number of carbonyl (C=O) groups excluding carboxylic acids is 5. The average Bonchev–Trinajstić information content (AvgIpc) is 2.94. The van der Waals surface area contributed by atoms with Gasteiger partial charge in [0.15, 0.2) is 12.4 Å². The van der Waals surface area contributed by atoms with E-state index < -0.39 is 41.7 Å². The Labute approximate surface area is 174 Å². The number of nitrogens with one attached hydrogen (secondary N) is 2. The van der Waals surface area contributed by atoms with Crippen LogP contribution < -0.4 is 10.6 Å². The molecule has 0 fully saturated rings. The zero-order valence-electron chi connectivity index (χ0n) is 18.3. The fourth-order valence-electron chi connectivity index (χ4n) is 2.35. The first kappa shape index (κ1) is 24.9. The van der Waals surface area contributed by atoms with Gasteiger partial charge in [0.25, 0.3) is 5.91 Å². The van der Waals surface area contributed by atoms with Gasteiger partial charge in [0.05, 0.1) is 12.2 Å². The van der Waals surface area contributed by atoms with Crippen LogP contribution in [0.4, 0.5) is 5.88 Å². The fraction of sp³-hybridized carbons (Fsp3) is 0.550. The molecule has 1 heterocycles. The summed E-state index contributed by atoms with van der Waals surface area (Å²) in [5.41, 5.74) is -0.896. The highest BCUT2D eigenvalue weighted by atomic mass is 16.5. The van der Waals surface area contributed by atoms with Crippen LogP contribution in [0.3, 0.4) is 0 Å². The Morgan fingerprint density at radius 3 is 2.17 bits per heavy atom. The second kappa shape index (κ2) is 10.0. The Morgan fingerprint density at radius 1 is 1.07 bits per heavy atom. The molecule has 0 aromatic carbocycles. The lowest BCUT2D eigenvalue weighted by molar-refractivity contribution is -0.150. The van der Waals surface area contributed by atoms with Gasteiger partial charge < -0.3 is 19.2 Å². The minimum atomic E-state index is -0.963. The number of rotatable bonds is 8. The SMILES string of the molecule is CCOC(=O)c1c(NC(=O)COC(=O)[C@@H](C)NC(=O)C(C)(C)C)oc(C)c1C(C)=O. The minimum Gasteiger partial charge on any atom is -0.462 e. The molecular weight excluding hydrogens is 396 g/mol. The molecule has 0 aliphatic carbocycles. The molecule has 0 aliphatic heterocycles. The van der Waals surface area contributed by atoms with Crippen molar-refractivity contribution in [1.29, 1.82) is 0 Å². The van der Waals surface area contributed by atoms with Crippen LogP contribution in [0.5, 0.6) is 0 Å². The Bertz CT molecular complexity index is 848. The summed E-state index contributed by atoms with van der Waals surface area (Å²) in [5, 5.41) is 4.79. The van der Waals surface area contributed by atoms with Crippen LogP contribution in [-0.4, -0.2) is 48.8 Å². The van der Waals surface area contributed by atoms with Crippen molar-refractivity contribution in [3.05, 3.63) is 16.9 Å². The fourth-order valence-corrected chi connectivity index (χ4v) is 2.35. The molecule has 10 heteroatoms. The van der Waals surface area contributed by atoms with Gasteiger partial charge in [-0.05, 0) is 27.7 Å². The standard InChI is InChI=1S/C20H28N2O8/c1-8-28-18(26)15-14(11(3)23)12(4)30-16(15)22-13(24)9-29-17(25)10(2)21-19(27)20(5,6)7/h10H,8-9H2,1-7H3,(H,21,27)(H,22,24)/t10-/m1/s1. The number of ether oxygens (including phenoxy) is 2. The third kappa shape index (κ3) is 6.43. The molecule has 1 aromatic rings. The smallest absolute Gasteiger partial charge is 0.344 e. The minimum absolute atomic E-state index is 0.000686. The van der Waals surface area contributed by atoms with E-state index in [-0.39, 0.29) is 35.3 Å².